The number of fused-ring (bicyclic) bond motifs is 1. The SMILES string of the molecule is CCOc1cccc2c1nc(CCl)n2CC. The molecule has 0 unspecified atom stereocenters. The zero-order valence-electron chi connectivity index (χ0n) is 9.53. The van der Waals surface area contributed by atoms with Crippen LogP contribution in [0.4, 0.5) is 0 Å². The average molecular weight is 239 g/mol. The standard InChI is InChI=1S/C12H15ClN2O/c1-3-15-9-6-5-7-10(16-4-2)12(9)14-11(15)8-13/h5-7H,3-4,8H2,1-2H3. The third-order valence-corrected chi connectivity index (χ3v) is 2.80. The predicted molar refractivity (Wildman–Crippen MR) is 66.1 cm³/mol. The molecule has 16 heavy (non-hydrogen) atoms. The van der Waals surface area contributed by atoms with Gasteiger partial charge in [0.2, 0.25) is 0 Å². The summed E-state index contributed by atoms with van der Waals surface area (Å²) in [6, 6.07) is 5.97. The van der Waals surface area contributed by atoms with E-state index in [2.05, 4.69) is 16.5 Å². The summed E-state index contributed by atoms with van der Waals surface area (Å²) < 4.78 is 7.67. The number of halogens is 1. The molecule has 0 aliphatic heterocycles. The number of nitrogens with zero attached hydrogens (tertiary/aromatic N) is 2. The fourth-order valence-corrected chi connectivity index (χ4v) is 2.10. The van der Waals surface area contributed by atoms with Gasteiger partial charge in [-0.2, -0.15) is 0 Å². The number of hydrogen-bond acceptors (Lipinski definition) is 2. The van der Waals surface area contributed by atoms with Gasteiger partial charge in [0.15, 0.2) is 0 Å². The van der Waals surface area contributed by atoms with Crippen molar-refractivity contribution in [1.29, 1.82) is 0 Å². The van der Waals surface area contributed by atoms with Gasteiger partial charge < -0.3 is 9.30 Å². The molecule has 3 nitrogen and oxygen atoms in total. The lowest BCUT2D eigenvalue weighted by Crippen LogP contribution is -1.98. The molecule has 0 saturated carbocycles. The molecule has 0 atom stereocenters. The van der Waals surface area contributed by atoms with Crippen molar-refractivity contribution in [1.82, 2.24) is 9.55 Å². The maximum absolute atomic E-state index is 5.89. The van der Waals surface area contributed by atoms with Crippen LogP contribution in [0.2, 0.25) is 0 Å². The van der Waals surface area contributed by atoms with Gasteiger partial charge in [-0.25, -0.2) is 4.98 Å². The Labute approximate surface area is 100.0 Å². The van der Waals surface area contributed by atoms with Gasteiger partial charge in [0, 0.05) is 6.54 Å². The van der Waals surface area contributed by atoms with E-state index in [4.69, 9.17) is 16.3 Å². The summed E-state index contributed by atoms with van der Waals surface area (Å²) in [5.41, 5.74) is 1.99. The van der Waals surface area contributed by atoms with Crippen LogP contribution in [0.3, 0.4) is 0 Å². The maximum atomic E-state index is 5.89. The molecule has 2 rings (SSSR count). The summed E-state index contributed by atoms with van der Waals surface area (Å²) in [4.78, 5) is 4.53. The number of rotatable bonds is 4. The minimum atomic E-state index is 0.425. The van der Waals surface area contributed by atoms with Crippen LogP contribution in [-0.4, -0.2) is 16.2 Å². The molecule has 1 aromatic heterocycles. The monoisotopic (exact) mass is 238 g/mol. The van der Waals surface area contributed by atoms with Gasteiger partial charge in [0.1, 0.15) is 17.1 Å². The summed E-state index contributed by atoms with van der Waals surface area (Å²) >= 11 is 5.89. The fourth-order valence-electron chi connectivity index (χ4n) is 1.90. The van der Waals surface area contributed by atoms with Gasteiger partial charge in [-0.15, -0.1) is 11.6 Å². The van der Waals surface area contributed by atoms with Crippen molar-refractivity contribution in [3.05, 3.63) is 24.0 Å². The van der Waals surface area contributed by atoms with Crippen LogP contribution < -0.4 is 4.74 Å². The fraction of sp³-hybridized carbons (Fsp3) is 0.417. The zero-order chi connectivity index (χ0) is 11.5. The summed E-state index contributed by atoms with van der Waals surface area (Å²) in [6.07, 6.45) is 0. The number of alkyl halides is 1. The summed E-state index contributed by atoms with van der Waals surface area (Å²) in [6.45, 7) is 5.57. The molecule has 0 aliphatic rings. The zero-order valence-corrected chi connectivity index (χ0v) is 10.3. The number of para-hydroxylation sites is 1. The maximum Gasteiger partial charge on any atom is 0.147 e. The topological polar surface area (TPSA) is 27.1 Å². The average Bonchev–Trinajstić information content (AvgIpc) is 2.68. The lowest BCUT2D eigenvalue weighted by molar-refractivity contribution is 0.343. The molecule has 0 aliphatic carbocycles. The Bertz CT molecular complexity index is 493. The second-order valence-electron chi connectivity index (χ2n) is 3.46. The Balaban J connectivity index is 2.65. The Kier molecular flexibility index (Phi) is 3.34. The second-order valence-corrected chi connectivity index (χ2v) is 3.73. The van der Waals surface area contributed by atoms with E-state index in [0.29, 0.717) is 12.5 Å². The summed E-state index contributed by atoms with van der Waals surface area (Å²) in [5, 5.41) is 0. The smallest absolute Gasteiger partial charge is 0.147 e. The first-order valence-corrected chi connectivity index (χ1v) is 6.02. The lowest BCUT2D eigenvalue weighted by atomic mass is 10.3. The van der Waals surface area contributed by atoms with E-state index in [1.807, 2.05) is 25.1 Å². The van der Waals surface area contributed by atoms with E-state index in [9.17, 15) is 0 Å². The molecule has 1 heterocycles. The molecule has 2 aromatic rings. The van der Waals surface area contributed by atoms with E-state index in [0.717, 1.165) is 29.2 Å². The van der Waals surface area contributed by atoms with Crippen LogP contribution in [0, 0.1) is 0 Å². The number of aryl methyl sites for hydroxylation is 1. The molecule has 0 bridgehead atoms. The van der Waals surface area contributed by atoms with Gasteiger partial charge in [-0.3, -0.25) is 0 Å². The van der Waals surface area contributed by atoms with Crippen LogP contribution in [0.25, 0.3) is 11.0 Å². The minimum absolute atomic E-state index is 0.425. The quantitative estimate of drug-likeness (QED) is 0.765. The molecule has 0 fully saturated rings. The molecular formula is C12H15ClN2O. The van der Waals surface area contributed by atoms with E-state index in [1.54, 1.807) is 0 Å². The van der Waals surface area contributed by atoms with Crippen LogP contribution in [0.1, 0.15) is 19.7 Å². The van der Waals surface area contributed by atoms with Crippen molar-refractivity contribution in [2.24, 2.45) is 0 Å². The van der Waals surface area contributed by atoms with Gasteiger partial charge >= 0.3 is 0 Å². The van der Waals surface area contributed by atoms with Crippen molar-refractivity contribution in [3.63, 3.8) is 0 Å². The first-order chi connectivity index (χ1) is 7.81. The second kappa shape index (κ2) is 4.74. The van der Waals surface area contributed by atoms with Gasteiger partial charge in [-0.1, -0.05) is 6.07 Å². The highest BCUT2D eigenvalue weighted by molar-refractivity contribution is 6.16. The van der Waals surface area contributed by atoms with Crippen molar-refractivity contribution >= 4 is 22.6 Å². The number of imidazole rings is 1. The molecule has 0 spiro atoms. The first kappa shape index (κ1) is 11.3. The largest absolute Gasteiger partial charge is 0.492 e. The molecule has 1 aromatic carbocycles. The first-order valence-electron chi connectivity index (χ1n) is 5.48. The van der Waals surface area contributed by atoms with Gasteiger partial charge in [0.05, 0.1) is 18.0 Å². The van der Waals surface area contributed by atoms with Crippen LogP contribution in [0.5, 0.6) is 5.75 Å². The van der Waals surface area contributed by atoms with E-state index < -0.39 is 0 Å². The Morgan fingerprint density at radius 3 is 2.81 bits per heavy atom. The van der Waals surface area contributed by atoms with E-state index in [1.165, 1.54) is 0 Å². The number of benzene rings is 1. The third kappa shape index (κ3) is 1.76. The highest BCUT2D eigenvalue weighted by Crippen LogP contribution is 2.26. The minimum Gasteiger partial charge on any atom is -0.492 e. The Hall–Kier alpha value is -1.22. The lowest BCUT2D eigenvalue weighted by Gasteiger charge is -2.04. The third-order valence-electron chi connectivity index (χ3n) is 2.56. The number of ether oxygens (including phenoxy) is 1. The molecule has 4 heteroatoms. The summed E-state index contributed by atoms with van der Waals surface area (Å²) in [7, 11) is 0. The number of aromatic nitrogens is 2. The predicted octanol–water partition coefficient (Wildman–Crippen LogP) is 3.19. The molecular weight excluding hydrogens is 224 g/mol. The van der Waals surface area contributed by atoms with Crippen molar-refractivity contribution in [3.8, 4) is 5.75 Å². The molecule has 0 saturated heterocycles. The van der Waals surface area contributed by atoms with Crippen LogP contribution in [0.15, 0.2) is 18.2 Å². The van der Waals surface area contributed by atoms with Crippen LogP contribution >= 0.6 is 11.6 Å². The van der Waals surface area contributed by atoms with Crippen LogP contribution in [-0.2, 0) is 12.4 Å². The summed E-state index contributed by atoms with van der Waals surface area (Å²) in [5.74, 6) is 2.15. The Morgan fingerprint density at radius 1 is 1.38 bits per heavy atom. The normalized spacial score (nSPS) is 10.9. The van der Waals surface area contributed by atoms with Crippen molar-refractivity contribution in [2.75, 3.05) is 6.61 Å². The Morgan fingerprint density at radius 2 is 2.19 bits per heavy atom. The molecule has 0 radical (unpaired) electrons. The highest BCUT2D eigenvalue weighted by Gasteiger charge is 2.11. The highest BCUT2D eigenvalue weighted by atomic mass is 35.5. The van der Waals surface area contributed by atoms with E-state index >= 15 is 0 Å². The van der Waals surface area contributed by atoms with E-state index in [-0.39, 0.29) is 0 Å². The van der Waals surface area contributed by atoms with Gasteiger partial charge in [0.25, 0.3) is 0 Å². The van der Waals surface area contributed by atoms with Crippen molar-refractivity contribution in [2.45, 2.75) is 26.3 Å². The molecule has 0 N–H and O–H groups in total. The molecule has 0 amide bonds. The molecule has 86 valence electrons. The van der Waals surface area contributed by atoms with Gasteiger partial charge in [-0.05, 0) is 26.0 Å². The number of hydrogen-bond donors (Lipinski definition) is 0. The van der Waals surface area contributed by atoms with Crippen molar-refractivity contribution < 1.29 is 4.74 Å².